The summed E-state index contributed by atoms with van der Waals surface area (Å²) in [5, 5.41) is 3.02. The number of aryl methyl sites for hydroxylation is 3. The second-order valence-electron chi connectivity index (χ2n) is 5.28. The predicted octanol–water partition coefficient (Wildman–Crippen LogP) is 4.96. The highest BCUT2D eigenvalue weighted by Crippen LogP contribution is 2.32. The highest BCUT2D eigenvalue weighted by atomic mass is 79.9. The van der Waals surface area contributed by atoms with Crippen LogP contribution in [0.2, 0.25) is 0 Å². The SMILES string of the molecule is CNC(c1cc(C)c(Br)c(C)c1)c1c(F)ccc(C)c1F. The van der Waals surface area contributed by atoms with E-state index < -0.39 is 17.7 Å². The maximum absolute atomic E-state index is 14.4. The summed E-state index contributed by atoms with van der Waals surface area (Å²) in [5.74, 6) is -1.02. The average molecular weight is 354 g/mol. The van der Waals surface area contributed by atoms with Crippen LogP contribution in [-0.2, 0) is 0 Å². The van der Waals surface area contributed by atoms with E-state index in [0.29, 0.717) is 5.56 Å². The van der Waals surface area contributed by atoms with E-state index in [-0.39, 0.29) is 5.56 Å². The molecule has 1 N–H and O–H groups in total. The van der Waals surface area contributed by atoms with E-state index in [4.69, 9.17) is 0 Å². The van der Waals surface area contributed by atoms with E-state index in [1.807, 2.05) is 26.0 Å². The molecule has 2 aromatic carbocycles. The molecule has 0 aliphatic heterocycles. The third kappa shape index (κ3) is 3.01. The van der Waals surface area contributed by atoms with Crippen molar-refractivity contribution < 1.29 is 8.78 Å². The molecule has 112 valence electrons. The zero-order valence-electron chi connectivity index (χ0n) is 12.5. The van der Waals surface area contributed by atoms with E-state index in [9.17, 15) is 8.78 Å². The van der Waals surface area contributed by atoms with E-state index >= 15 is 0 Å². The Bertz CT molecular complexity index is 660. The molecule has 0 aliphatic carbocycles. The van der Waals surface area contributed by atoms with E-state index in [0.717, 1.165) is 21.2 Å². The zero-order valence-corrected chi connectivity index (χ0v) is 14.1. The fourth-order valence-electron chi connectivity index (χ4n) is 2.57. The maximum atomic E-state index is 14.4. The minimum absolute atomic E-state index is 0.0682. The van der Waals surface area contributed by atoms with Crippen LogP contribution in [0.5, 0.6) is 0 Å². The summed E-state index contributed by atoms with van der Waals surface area (Å²) in [6.45, 7) is 5.58. The van der Waals surface area contributed by atoms with Gasteiger partial charge >= 0.3 is 0 Å². The zero-order chi connectivity index (χ0) is 15.7. The van der Waals surface area contributed by atoms with Crippen LogP contribution in [0.4, 0.5) is 8.78 Å². The molecule has 4 heteroatoms. The van der Waals surface area contributed by atoms with Crippen LogP contribution in [0.1, 0.15) is 33.9 Å². The Kier molecular flexibility index (Phi) is 4.79. The first-order valence-electron chi connectivity index (χ1n) is 6.75. The highest BCUT2D eigenvalue weighted by Gasteiger charge is 2.22. The van der Waals surface area contributed by atoms with Gasteiger partial charge in [-0.05, 0) is 56.1 Å². The summed E-state index contributed by atoms with van der Waals surface area (Å²) in [7, 11) is 1.71. The van der Waals surface area contributed by atoms with Crippen LogP contribution in [-0.4, -0.2) is 7.05 Å². The third-order valence-corrected chi connectivity index (χ3v) is 4.94. The second kappa shape index (κ2) is 6.24. The van der Waals surface area contributed by atoms with Gasteiger partial charge in [-0.25, -0.2) is 8.78 Å². The molecule has 2 aromatic rings. The predicted molar refractivity (Wildman–Crippen MR) is 85.6 cm³/mol. The van der Waals surface area contributed by atoms with Crippen molar-refractivity contribution in [2.45, 2.75) is 26.8 Å². The van der Waals surface area contributed by atoms with Gasteiger partial charge in [-0.2, -0.15) is 0 Å². The van der Waals surface area contributed by atoms with Gasteiger partial charge < -0.3 is 5.32 Å². The van der Waals surface area contributed by atoms with Gasteiger partial charge in [0.15, 0.2) is 0 Å². The molecule has 0 heterocycles. The average Bonchev–Trinajstić information content (AvgIpc) is 2.44. The monoisotopic (exact) mass is 353 g/mol. The smallest absolute Gasteiger partial charge is 0.134 e. The highest BCUT2D eigenvalue weighted by molar-refractivity contribution is 9.10. The van der Waals surface area contributed by atoms with Gasteiger partial charge in [-0.15, -0.1) is 0 Å². The second-order valence-corrected chi connectivity index (χ2v) is 6.08. The quantitative estimate of drug-likeness (QED) is 0.821. The normalized spacial score (nSPS) is 12.5. The minimum Gasteiger partial charge on any atom is -0.309 e. The van der Waals surface area contributed by atoms with Crippen molar-refractivity contribution in [3.8, 4) is 0 Å². The van der Waals surface area contributed by atoms with Crippen molar-refractivity contribution in [3.05, 3.63) is 68.2 Å². The van der Waals surface area contributed by atoms with Crippen LogP contribution < -0.4 is 5.32 Å². The topological polar surface area (TPSA) is 12.0 Å². The Morgan fingerprint density at radius 2 is 1.57 bits per heavy atom. The standard InChI is InChI=1S/C17H18BrF2N/c1-9-5-6-13(19)14(16(9)20)17(21-4)12-7-10(2)15(18)11(3)8-12/h5-8,17,21H,1-4H3. The Hall–Kier alpha value is -1.26. The molecule has 0 saturated heterocycles. The number of halogens is 3. The van der Waals surface area contributed by atoms with Gasteiger partial charge in [-0.3, -0.25) is 0 Å². The van der Waals surface area contributed by atoms with Gasteiger partial charge in [0.1, 0.15) is 11.6 Å². The lowest BCUT2D eigenvalue weighted by Gasteiger charge is -2.21. The number of nitrogens with one attached hydrogen (secondary N) is 1. The molecular formula is C17H18BrF2N. The Labute approximate surface area is 132 Å². The maximum Gasteiger partial charge on any atom is 0.134 e. The Balaban J connectivity index is 2.63. The molecule has 0 aliphatic rings. The Morgan fingerprint density at radius 3 is 2.10 bits per heavy atom. The van der Waals surface area contributed by atoms with Crippen LogP contribution in [0.25, 0.3) is 0 Å². The largest absolute Gasteiger partial charge is 0.309 e. The van der Waals surface area contributed by atoms with Crippen LogP contribution >= 0.6 is 15.9 Å². The van der Waals surface area contributed by atoms with Crippen molar-refractivity contribution in [2.24, 2.45) is 0 Å². The molecule has 0 aromatic heterocycles. The fraction of sp³-hybridized carbons (Fsp3) is 0.294. The summed E-state index contributed by atoms with van der Waals surface area (Å²) in [6, 6.07) is 6.14. The molecule has 0 spiro atoms. The number of rotatable bonds is 3. The van der Waals surface area contributed by atoms with Crippen molar-refractivity contribution in [3.63, 3.8) is 0 Å². The van der Waals surface area contributed by atoms with Gasteiger partial charge in [-0.1, -0.05) is 34.1 Å². The summed E-state index contributed by atoms with van der Waals surface area (Å²) in [6.07, 6.45) is 0. The summed E-state index contributed by atoms with van der Waals surface area (Å²) < 4.78 is 29.5. The first kappa shape index (κ1) is 16.1. The molecule has 0 saturated carbocycles. The lowest BCUT2D eigenvalue weighted by atomic mass is 9.94. The molecule has 0 bridgehead atoms. The summed E-state index contributed by atoms with van der Waals surface area (Å²) in [5.41, 5.74) is 3.44. The fourth-order valence-corrected chi connectivity index (χ4v) is 2.80. The number of benzene rings is 2. The first-order valence-corrected chi connectivity index (χ1v) is 7.54. The molecule has 0 amide bonds. The number of hydrogen-bond donors (Lipinski definition) is 1. The molecule has 1 unspecified atom stereocenters. The van der Waals surface area contributed by atoms with Gasteiger partial charge in [0, 0.05) is 10.0 Å². The molecule has 1 nitrogen and oxygen atoms in total. The van der Waals surface area contributed by atoms with Crippen molar-refractivity contribution in [2.75, 3.05) is 7.05 Å². The molecule has 21 heavy (non-hydrogen) atoms. The van der Waals surface area contributed by atoms with Crippen molar-refractivity contribution in [1.29, 1.82) is 0 Å². The van der Waals surface area contributed by atoms with E-state index in [1.165, 1.54) is 12.1 Å². The molecule has 1 atom stereocenters. The lowest BCUT2D eigenvalue weighted by molar-refractivity contribution is 0.517. The third-order valence-electron chi connectivity index (χ3n) is 3.69. The van der Waals surface area contributed by atoms with Gasteiger partial charge in [0.2, 0.25) is 0 Å². The molecule has 0 radical (unpaired) electrons. The van der Waals surface area contributed by atoms with Crippen LogP contribution in [0, 0.1) is 32.4 Å². The van der Waals surface area contributed by atoms with Gasteiger partial charge in [0.25, 0.3) is 0 Å². The summed E-state index contributed by atoms with van der Waals surface area (Å²) in [4.78, 5) is 0. The minimum atomic E-state index is -0.532. The van der Waals surface area contributed by atoms with Gasteiger partial charge in [0.05, 0.1) is 6.04 Å². The van der Waals surface area contributed by atoms with Crippen molar-refractivity contribution >= 4 is 15.9 Å². The molecule has 2 rings (SSSR count). The van der Waals surface area contributed by atoms with Crippen molar-refractivity contribution in [1.82, 2.24) is 5.32 Å². The van der Waals surface area contributed by atoms with Crippen LogP contribution in [0.15, 0.2) is 28.7 Å². The first-order chi connectivity index (χ1) is 9.86. The van der Waals surface area contributed by atoms with E-state index in [1.54, 1.807) is 14.0 Å². The molecule has 0 fully saturated rings. The van der Waals surface area contributed by atoms with E-state index in [2.05, 4.69) is 21.2 Å². The van der Waals surface area contributed by atoms with Crippen LogP contribution in [0.3, 0.4) is 0 Å². The molecular weight excluding hydrogens is 336 g/mol. The lowest BCUT2D eigenvalue weighted by Crippen LogP contribution is -2.21. The summed E-state index contributed by atoms with van der Waals surface area (Å²) >= 11 is 3.51. The number of hydrogen-bond acceptors (Lipinski definition) is 1. The Morgan fingerprint density at radius 1 is 1.00 bits per heavy atom.